The van der Waals surface area contributed by atoms with E-state index in [1.807, 2.05) is 6.92 Å². The summed E-state index contributed by atoms with van der Waals surface area (Å²) in [7, 11) is 0. The molecule has 2 aromatic rings. The van der Waals surface area contributed by atoms with E-state index in [1.54, 1.807) is 6.92 Å². The van der Waals surface area contributed by atoms with Gasteiger partial charge in [-0.1, -0.05) is 23.1 Å². The first kappa shape index (κ1) is 20.2. The maximum absolute atomic E-state index is 12.9. The van der Waals surface area contributed by atoms with Crippen molar-refractivity contribution in [1.29, 1.82) is 0 Å². The Balaban J connectivity index is 1.57. The summed E-state index contributed by atoms with van der Waals surface area (Å²) >= 11 is 4.20. The van der Waals surface area contributed by atoms with Crippen molar-refractivity contribution in [2.45, 2.75) is 35.5 Å². The molecule has 1 saturated heterocycles. The summed E-state index contributed by atoms with van der Waals surface area (Å²) < 4.78 is 10.5. The molecule has 2 aromatic heterocycles. The van der Waals surface area contributed by atoms with Crippen LogP contribution in [0.15, 0.2) is 29.2 Å². The molecule has 4 heterocycles. The maximum atomic E-state index is 12.9. The fraction of sp³-hybridized carbons (Fsp3) is 0.438. The Hall–Kier alpha value is -2.09. The van der Waals surface area contributed by atoms with Gasteiger partial charge in [-0.15, -0.1) is 22.0 Å². The molecule has 10 nitrogen and oxygen atoms in total. The van der Waals surface area contributed by atoms with Gasteiger partial charge in [0.15, 0.2) is 10.1 Å². The monoisotopic (exact) mass is 456 g/mol. The minimum Gasteiger partial charge on any atom is -0.477 e. The van der Waals surface area contributed by atoms with Crippen molar-refractivity contribution in [3.8, 4) is 0 Å². The number of carbonyl (C=O) groups is 2. The summed E-state index contributed by atoms with van der Waals surface area (Å²) in [4.78, 5) is 37.3. The Kier molecular flexibility index (Phi) is 5.09. The maximum Gasteiger partial charge on any atom is 0.519 e. The third-order valence-corrected chi connectivity index (χ3v) is 8.17. The number of nitrogens with two attached hydrogens (primary N) is 1. The first-order valence-corrected chi connectivity index (χ1v) is 11.3. The van der Waals surface area contributed by atoms with Crippen LogP contribution in [0.5, 0.6) is 0 Å². The lowest BCUT2D eigenvalue weighted by molar-refractivity contribution is -0.154. The van der Waals surface area contributed by atoms with Crippen LogP contribution in [-0.4, -0.2) is 54.5 Å². The molecule has 13 heteroatoms. The molecule has 2 aliphatic heterocycles. The van der Waals surface area contributed by atoms with Gasteiger partial charge in [-0.2, -0.15) is 0 Å². The number of hydrogen-bond donors (Lipinski definition) is 2. The van der Waals surface area contributed by atoms with Crippen LogP contribution < -0.4 is 11.6 Å². The highest BCUT2D eigenvalue weighted by Crippen LogP contribution is 2.47. The number of carboxylic acid groups (broad SMARTS) is 1. The second-order valence-electron chi connectivity index (χ2n) is 6.62. The van der Waals surface area contributed by atoms with Gasteiger partial charge >= 0.3 is 11.8 Å². The first-order chi connectivity index (χ1) is 13.7. The van der Waals surface area contributed by atoms with E-state index in [0.29, 0.717) is 17.1 Å². The minimum absolute atomic E-state index is 0.0427. The zero-order chi connectivity index (χ0) is 20.9. The summed E-state index contributed by atoms with van der Waals surface area (Å²) in [5.41, 5.74) is 5.54. The van der Waals surface area contributed by atoms with Gasteiger partial charge in [-0.3, -0.25) is 9.69 Å². The van der Waals surface area contributed by atoms with Crippen molar-refractivity contribution >= 4 is 46.7 Å². The molecule has 0 aromatic carbocycles. The number of carboxylic acids is 1. The molecule has 1 fully saturated rings. The predicted octanol–water partition coefficient (Wildman–Crippen LogP) is 0.987. The molecule has 2 aliphatic rings. The molecule has 0 bridgehead atoms. The number of fused-ring (bicyclic) bond motifs is 1. The van der Waals surface area contributed by atoms with Gasteiger partial charge in [0.1, 0.15) is 27.4 Å². The number of carbonyl (C=O) groups excluding carboxylic acids is 1. The molecular formula is C16H16N4O6S3. The highest BCUT2D eigenvalue weighted by molar-refractivity contribution is 8.01. The van der Waals surface area contributed by atoms with Crippen molar-refractivity contribution in [2.24, 2.45) is 5.73 Å². The molecule has 0 saturated carbocycles. The number of aryl methyl sites for hydroxylation is 2. The molecule has 3 N–H and O–H groups in total. The van der Waals surface area contributed by atoms with E-state index in [1.165, 1.54) is 39.8 Å². The highest BCUT2D eigenvalue weighted by Gasteiger charge is 2.63. The molecule has 2 atom stereocenters. The van der Waals surface area contributed by atoms with E-state index < -0.39 is 28.6 Å². The predicted molar refractivity (Wildman–Crippen MR) is 106 cm³/mol. The van der Waals surface area contributed by atoms with E-state index in [-0.39, 0.29) is 23.6 Å². The number of hydrogen-bond acceptors (Lipinski definition) is 11. The lowest BCUT2D eigenvalue weighted by Gasteiger charge is -2.55. The zero-order valence-corrected chi connectivity index (χ0v) is 17.8. The number of β-lactam (4-membered cyclic amide) rings is 1. The molecule has 154 valence electrons. The molecule has 29 heavy (non-hydrogen) atoms. The number of aliphatic carboxylic acids is 1. The van der Waals surface area contributed by atoms with Crippen LogP contribution in [0.1, 0.15) is 16.5 Å². The van der Waals surface area contributed by atoms with E-state index in [4.69, 9.17) is 14.6 Å². The van der Waals surface area contributed by atoms with Crippen molar-refractivity contribution in [1.82, 2.24) is 15.1 Å². The highest BCUT2D eigenvalue weighted by atomic mass is 32.2. The molecule has 1 unspecified atom stereocenters. The first-order valence-electron chi connectivity index (χ1n) is 8.42. The van der Waals surface area contributed by atoms with E-state index in [9.17, 15) is 19.5 Å². The van der Waals surface area contributed by atoms with E-state index in [2.05, 4.69) is 10.2 Å². The normalized spacial score (nSPS) is 23.9. The number of rotatable bonds is 6. The lowest BCUT2D eigenvalue weighted by atomic mass is 9.83. The lowest BCUT2D eigenvalue weighted by Crippen LogP contribution is -2.78. The van der Waals surface area contributed by atoms with E-state index in [0.717, 1.165) is 9.35 Å². The second kappa shape index (κ2) is 7.31. The van der Waals surface area contributed by atoms with Gasteiger partial charge in [0, 0.05) is 17.9 Å². The van der Waals surface area contributed by atoms with Gasteiger partial charge in [0.25, 0.3) is 5.91 Å². The Morgan fingerprint density at radius 1 is 1.38 bits per heavy atom. The van der Waals surface area contributed by atoms with Crippen LogP contribution >= 0.6 is 34.9 Å². The smallest absolute Gasteiger partial charge is 0.477 e. The largest absolute Gasteiger partial charge is 0.519 e. The van der Waals surface area contributed by atoms with Crippen LogP contribution in [0.2, 0.25) is 0 Å². The SMILES string of the molecule is Cc1nnc(SCC2=C(C(=O)O)N3C(=O)C(N)(Cc4oc(=O)oc4C)[C@@H]3SC2)s1. The number of amides is 1. The summed E-state index contributed by atoms with van der Waals surface area (Å²) in [6, 6.07) is 0. The molecule has 1 amide bonds. The summed E-state index contributed by atoms with van der Waals surface area (Å²) in [5.74, 6) is -1.32. The van der Waals surface area contributed by atoms with Crippen molar-refractivity contribution in [3.63, 3.8) is 0 Å². The molecule has 4 rings (SSSR count). The third-order valence-electron chi connectivity index (χ3n) is 4.65. The molecule has 0 aliphatic carbocycles. The summed E-state index contributed by atoms with van der Waals surface area (Å²) in [5, 5.41) is 18.0. The number of aromatic nitrogens is 2. The van der Waals surface area contributed by atoms with Gasteiger partial charge in [-0.05, 0) is 19.4 Å². The summed E-state index contributed by atoms with van der Waals surface area (Å²) in [6.45, 7) is 3.39. The van der Waals surface area contributed by atoms with Gasteiger partial charge in [0.2, 0.25) is 0 Å². The molecule has 0 spiro atoms. The molecule has 0 radical (unpaired) electrons. The Bertz CT molecular complexity index is 1090. The second-order valence-corrected chi connectivity index (χ2v) is 10.1. The van der Waals surface area contributed by atoms with Gasteiger partial charge in [0.05, 0.1) is 0 Å². The average molecular weight is 457 g/mol. The Morgan fingerprint density at radius 2 is 2.14 bits per heavy atom. The number of nitrogens with zero attached hydrogens (tertiary/aromatic N) is 3. The molecular weight excluding hydrogens is 440 g/mol. The fourth-order valence-electron chi connectivity index (χ4n) is 3.28. The van der Waals surface area contributed by atoms with Crippen LogP contribution in [-0.2, 0) is 16.0 Å². The van der Waals surface area contributed by atoms with E-state index >= 15 is 0 Å². The van der Waals surface area contributed by atoms with Gasteiger partial charge in [-0.25, -0.2) is 9.59 Å². The Labute approximate surface area is 176 Å². The quantitative estimate of drug-likeness (QED) is 0.472. The van der Waals surface area contributed by atoms with Crippen LogP contribution in [0.3, 0.4) is 0 Å². The fourth-order valence-corrected chi connectivity index (χ4v) is 6.66. The van der Waals surface area contributed by atoms with Crippen LogP contribution in [0, 0.1) is 13.8 Å². The number of thioether (sulfide) groups is 2. The average Bonchev–Trinajstić information content (AvgIpc) is 3.22. The minimum atomic E-state index is -1.37. The van der Waals surface area contributed by atoms with Crippen LogP contribution in [0.25, 0.3) is 0 Å². The standard InChI is InChI=1S/C16H16N4O6S3/c1-6-9(26-15(24)25-6)3-16(17)12(23)20-10(11(21)22)8(4-27-13(16)20)5-28-14-19-18-7(2)29-14/h13H,3-5,17H2,1-2H3,(H,21,22)/t13-,16?/m0/s1. The van der Waals surface area contributed by atoms with Crippen molar-refractivity contribution in [3.05, 3.63) is 38.4 Å². The summed E-state index contributed by atoms with van der Waals surface area (Å²) in [6.07, 6.45) is -0.0430. The van der Waals surface area contributed by atoms with Crippen molar-refractivity contribution < 1.29 is 23.5 Å². The zero-order valence-electron chi connectivity index (χ0n) is 15.3. The Morgan fingerprint density at radius 3 is 2.72 bits per heavy atom. The topological polar surface area (TPSA) is 153 Å². The third kappa shape index (κ3) is 3.41. The van der Waals surface area contributed by atoms with Gasteiger partial charge < -0.3 is 19.7 Å². The van der Waals surface area contributed by atoms with Crippen LogP contribution in [0.4, 0.5) is 0 Å². The van der Waals surface area contributed by atoms with Crippen molar-refractivity contribution in [2.75, 3.05) is 11.5 Å².